The molecule has 3 aromatic rings. The van der Waals surface area contributed by atoms with Gasteiger partial charge in [0, 0.05) is 17.7 Å². The predicted octanol–water partition coefficient (Wildman–Crippen LogP) is 4.23. The molecule has 0 aromatic heterocycles. The van der Waals surface area contributed by atoms with Gasteiger partial charge in [0.1, 0.15) is 0 Å². The maximum absolute atomic E-state index is 12.4. The molecule has 2 unspecified atom stereocenters. The fourth-order valence-corrected chi connectivity index (χ4v) is 3.83. The van der Waals surface area contributed by atoms with Crippen molar-refractivity contribution in [2.75, 3.05) is 0 Å². The minimum absolute atomic E-state index is 0.365. The Balaban J connectivity index is 1.59. The summed E-state index contributed by atoms with van der Waals surface area (Å²) in [5.74, 6) is -0.729. The number of fused-ring (bicyclic) bond motifs is 2. The van der Waals surface area contributed by atoms with E-state index in [1.165, 1.54) is 0 Å². The van der Waals surface area contributed by atoms with Gasteiger partial charge in [-0.1, -0.05) is 66.7 Å². The minimum Gasteiger partial charge on any atom is -0.438 e. The third kappa shape index (κ3) is 2.68. The molecule has 5 heteroatoms. The Morgan fingerprint density at radius 2 is 1.11 bits per heavy atom. The summed E-state index contributed by atoms with van der Waals surface area (Å²) < 4.78 is 11.4. The molecule has 2 heterocycles. The molecule has 0 amide bonds. The Hall–Kier alpha value is -3.44. The number of rotatable bonds is 4. The van der Waals surface area contributed by atoms with Gasteiger partial charge in [0.25, 0.3) is 0 Å². The van der Waals surface area contributed by atoms with Gasteiger partial charge in [0.05, 0.1) is 11.1 Å². The molecule has 28 heavy (non-hydrogen) atoms. The van der Waals surface area contributed by atoms with Gasteiger partial charge < -0.3 is 9.47 Å². The number of cyclic esters (lactones) is 2. The standard InChI is InChI=1S/C23H17NO4/c25-22-18-12-6-4-10-16(18)20(27-22)24(14-15-8-2-1-3-9-15)21-17-11-5-7-13-19(17)23(26)28-21/h1-13,20-21H,14H2. The topological polar surface area (TPSA) is 55.8 Å². The molecule has 0 saturated heterocycles. The van der Waals surface area contributed by atoms with Crippen LogP contribution in [0.4, 0.5) is 0 Å². The molecular formula is C23H17NO4. The molecule has 5 nitrogen and oxygen atoms in total. The van der Waals surface area contributed by atoms with Gasteiger partial charge in [-0.15, -0.1) is 0 Å². The van der Waals surface area contributed by atoms with Crippen LogP contribution in [0.15, 0.2) is 78.9 Å². The highest BCUT2D eigenvalue weighted by Gasteiger charge is 2.43. The molecule has 0 fully saturated rings. The molecule has 2 atom stereocenters. The van der Waals surface area contributed by atoms with Crippen molar-refractivity contribution in [3.8, 4) is 0 Å². The van der Waals surface area contributed by atoms with Crippen LogP contribution in [-0.4, -0.2) is 16.8 Å². The maximum atomic E-state index is 12.4. The van der Waals surface area contributed by atoms with E-state index in [9.17, 15) is 9.59 Å². The molecule has 2 aliphatic heterocycles. The van der Waals surface area contributed by atoms with E-state index >= 15 is 0 Å². The van der Waals surface area contributed by atoms with Gasteiger partial charge >= 0.3 is 11.9 Å². The van der Waals surface area contributed by atoms with Crippen LogP contribution in [-0.2, 0) is 16.0 Å². The fraction of sp³-hybridized carbons (Fsp3) is 0.130. The van der Waals surface area contributed by atoms with Crippen LogP contribution in [0.25, 0.3) is 0 Å². The Morgan fingerprint density at radius 3 is 1.64 bits per heavy atom. The van der Waals surface area contributed by atoms with Crippen LogP contribution in [0.2, 0.25) is 0 Å². The zero-order valence-electron chi connectivity index (χ0n) is 14.9. The van der Waals surface area contributed by atoms with Crippen molar-refractivity contribution < 1.29 is 19.1 Å². The number of hydrogen-bond acceptors (Lipinski definition) is 5. The van der Waals surface area contributed by atoms with Crippen molar-refractivity contribution in [2.24, 2.45) is 0 Å². The fourth-order valence-electron chi connectivity index (χ4n) is 3.83. The first-order valence-electron chi connectivity index (χ1n) is 9.12. The van der Waals surface area contributed by atoms with Crippen LogP contribution in [0.3, 0.4) is 0 Å². The maximum Gasteiger partial charge on any atom is 0.340 e. The number of esters is 2. The highest BCUT2D eigenvalue weighted by molar-refractivity contribution is 5.95. The molecule has 2 aliphatic rings. The summed E-state index contributed by atoms with van der Waals surface area (Å²) in [7, 11) is 0. The van der Waals surface area contributed by atoms with Gasteiger partial charge in [0.15, 0.2) is 12.5 Å². The molecule has 0 aliphatic carbocycles. The number of carbonyl (C=O) groups excluding carboxylic acids is 2. The number of carbonyl (C=O) groups is 2. The van der Waals surface area contributed by atoms with Crippen molar-refractivity contribution in [3.63, 3.8) is 0 Å². The lowest BCUT2D eigenvalue weighted by atomic mass is 10.0. The van der Waals surface area contributed by atoms with Crippen molar-refractivity contribution in [2.45, 2.75) is 19.0 Å². The van der Waals surface area contributed by atoms with E-state index in [4.69, 9.17) is 9.47 Å². The number of benzene rings is 3. The van der Waals surface area contributed by atoms with Gasteiger partial charge in [0.2, 0.25) is 0 Å². The summed E-state index contributed by atoms with van der Waals surface area (Å²) in [6, 6.07) is 24.5. The smallest absolute Gasteiger partial charge is 0.340 e. The van der Waals surface area contributed by atoms with E-state index in [0.717, 1.165) is 16.7 Å². The van der Waals surface area contributed by atoms with Crippen LogP contribution in [0.1, 0.15) is 49.9 Å². The highest BCUT2D eigenvalue weighted by atomic mass is 16.6. The monoisotopic (exact) mass is 371 g/mol. The van der Waals surface area contributed by atoms with Crippen LogP contribution in [0.5, 0.6) is 0 Å². The van der Waals surface area contributed by atoms with Crippen LogP contribution in [0, 0.1) is 0 Å². The minimum atomic E-state index is -0.632. The average molecular weight is 371 g/mol. The lowest BCUT2D eigenvalue weighted by molar-refractivity contribution is -0.112. The lowest BCUT2D eigenvalue weighted by Crippen LogP contribution is -2.33. The molecule has 0 bridgehead atoms. The molecule has 0 radical (unpaired) electrons. The van der Waals surface area contributed by atoms with Gasteiger partial charge in [-0.25, -0.2) is 14.5 Å². The largest absolute Gasteiger partial charge is 0.438 e. The molecule has 5 rings (SSSR count). The molecule has 0 spiro atoms. The van der Waals surface area contributed by atoms with E-state index in [0.29, 0.717) is 17.7 Å². The molecular weight excluding hydrogens is 354 g/mol. The van der Waals surface area contributed by atoms with E-state index in [1.54, 1.807) is 12.1 Å². The summed E-state index contributed by atoms with van der Waals surface area (Å²) in [6.45, 7) is 0.458. The summed E-state index contributed by atoms with van der Waals surface area (Å²) in [4.78, 5) is 26.7. The van der Waals surface area contributed by atoms with Crippen LogP contribution >= 0.6 is 0 Å². The SMILES string of the molecule is O=C1OC(N(Cc2ccccc2)C2OC(=O)c3ccccc32)c2ccccc21. The van der Waals surface area contributed by atoms with Crippen molar-refractivity contribution >= 4 is 11.9 Å². The third-order valence-electron chi connectivity index (χ3n) is 5.14. The van der Waals surface area contributed by atoms with Crippen LogP contribution < -0.4 is 0 Å². The first-order valence-corrected chi connectivity index (χ1v) is 9.12. The van der Waals surface area contributed by atoms with Crippen molar-refractivity contribution in [1.29, 1.82) is 0 Å². The Labute approximate surface area is 162 Å². The molecule has 0 N–H and O–H groups in total. The first kappa shape index (κ1) is 16.7. The Morgan fingerprint density at radius 1 is 0.643 bits per heavy atom. The second-order valence-corrected chi connectivity index (χ2v) is 6.85. The zero-order valence-corrected chi connectivity index (χ0v) is 14.9. The summed E-state index contributed by atoms with van der Waals surface area (Å²) in [5.41, 5.74) is 3.68. The second-order valence-electron chi connectivity index (χ2n) is 6.85. The number of ether oxygens (including phenoxy) is 2. The summed E-state index contributed by atoms with van der Waals surface area (Å²) in [6.07, 6.45) is -1.26. The molecule has 3 aromatic carbocycles. The zero-order chi connectivity index (χ0) is 19.1. The van der Waals surface area contributed by atoms with Crippen molar-refractivity contribution in [1.82, 2.24) is 4.90 Å². The number of nitrogens with zero attached hydrogens (tertiary/aromatic N) is 1. The van der Waals surface area contributed by atoms with E-state index in [-0.39, 0.29) is 11.9 Å². The van der Waals surface area contributed by atoms with Gasteiger partial charge in [-0.05, 0) is 17.7 Å². The number of hydrogen-bond donors (Lipinski definition) is 0. The van der Waals surface area contributed by atoms with Crippen molar-refractivity contribution in [3.05, 3.63) is 107 Å². The summed E-state index contributed by atoms with van der Waals surface area (Å²) in [5, 5.41) is 0. The highest BCUT2D eigenvalue weighted by Crippen LogP contribution is 2.43. The lowest BCUT2D eigenvalue weighted by Gasteiger charge is -2.32. The summed E-state index contributed by atoms with van der Waals surface area (Å²) >= 11 is 0. The van der Waals surface area contributed by atoms with E-state index in [2.05, 4.69) is 0 Å². The normalized spacial score (nSPS) is 19.9. The first-order chi connectivity index (χ1) is 13.7. The van der Waals surface area contributed by atoms with Gasteiger partial charge in [-0.2, -0.15) is 0 Å². The average Bonchev–Trinajstić information content (AvgIpc) is 3.25. The Kier molecular flexibility index (Phi) is 3.95. The van der Waals surface area contributed by atoms with E-state index in [1.807, 2.05) is 71.6 Å². The molecule has 0 saturated carbocycles. The molecule has 138 valence electrons. The second kappa shape index (κ2) is 6.62. The van der Waals surface area contributed by atoms with Gasteiger partial charge in [-0.3, -0.25) is 0 Å². The predicted molar refractivity (Wildman–Crippen MR) is 101 cm³/mol. The third-order valence-corrected chi connectivity index (χ3v) is 5.14. The van der Waals surface area contributed by atoms with E-state index < -0.39 is 12.5 Å². The Bertz CT molecular complexity index is 997. The quantitative estimate of drug-likeness (QED) is 0.643.